The van der Waals surface area contributed by atoms with E-state index in [1.807, 2.05) is 51.4 Å². The molecule has 1 saturated heterocycles. The third kappa shape index (κ3) is 6.01. The number of aromatic nitrogens is 1. The van der Waals surface area contributed by atoms with Gasteiger partial charge in [0.1, 0.15) is 0 Å². The largest absolute Gasteiger partial charge is 0.354 e. The molecule has 6 heteroatoms. The average Bonchev–Trinajstić information content (AvgIpc) is 3.19. The lowest BCUT2D eigenvalue weighted by Crippen LogP contribution is -2.50. The van der Waals surface area contributed by atoms with Crippen LogP contribution in [0.3, 0.4) is 0 Å². The molecule has 2 aliphatic heterocycles. The highest BCUT2D eigenvalue weighted by atomic mass is 16.2. The molecule has 0 radical (unpaired) electrons. The molecule has 2 amide bonds. The average molecular weight is 527 g/mol. The van der Waals surface area contributed by atoms with E-state index < -0.39 is 5.92 Å². The summed E-state index contributed by atoms with van der Waals surface area (Å²) in [5.74, 6) is -0.476. The van der Waals surface area contributed by atoms with Gasteiger partial charge in [0.15, 0.2) is 0 Å². The maximum atomic E-state index is 14.0. The van der Waals surface area contributed by atoms with Gasteiger partial charge < -0.3 is 14.8 Å². The fourth-order valence-electron chi connectivity index (χ4n) is 5.89. The summed E-state index contributed by atoms with van der Waals surface area (Å²) in [4.78, 5) is 31.5. The van der Waals surface area contributed by atoms with E-state index in [2.05, 4.69) is 65.7 Å². The van der Waals surface area contributed by atoms with E-state index >= 15 is 0 Å². The summed E-state index contributed by atoms with van der Waals surface area (Å²) in [5, 5.41) is 3.38. The number of fused-ring (bicyclic) bond motifs is 1. The van der Waals surface area contributed by atoms with Gasteiger partial charge in [-0.05, 0) is 61.9 Å². The zero-order valence-electron chi connectivity index (χ0n) is 24.0. The number of hydrogen-bond acceptors (Lipinski definition) is 3. The van der Waals surface area contributed by atoms with Gasteiger partial charge >= 0.3 is 0 Å². The highest BCUT2D eigenvalue weighted by Crippen LogP contribution is 2.43. The maximum absolute atomic E-state index is 14.0. The molecule has 1 fully saturated rings. The molecule has 0 bridgehead atoms. The van der Waals surface area contributed by atoms with E-state index in [9.17, 15) is 9.59 Å². The van der Waals surface area contributed by atoms with Crippen LogP contribution in [0, 0.1) is 13.8 Å². The molecule has 39 heavy (non-hydrogen) atoms. The molecule has 1 N–H and O–H groups in total. The molecule has 2 aromatic carbocycles. The monoisotopic (exact) mass is 526 g/mol. The van der Waals surface area contributed by atoms with E-state index in [-0.39, 0.29) is 23.9 Å². The molecule has 206 valence electrons. The minimum absolute atomic E-state index is 0.00853. The Hall–Kier alpha value is -3.64. The van der Waals surface area contributed by atoms with Crippen LogP contribution in [0.2, 0.25) is 0 Å². The van der Waals surface area contributed by atoms with Gasteiger partial charge in [0.05, 0.1) is 12.0 Å². The maximum Gasteiger partial charge on any atom is 0.254 e. The number of nitrogens with one attached hydrogen (secondary N) is 1. The Labute approximate surface area is 233 Å². The predicted molar refractivity (Wildman–Crippen MR) is 158 cm³/mol. The van der Waals surface area contributed by atoms with Crippen molar-refractivity contribution >= 4 is 11.8 Å². The normalized spacial score (nSPS) is 19.6. The third-order valence-corrected chi connectivity index (χ3v) is 8.20. The molecule has 0 aliphatic carbocycles. The van der Waals surface area contributed by atoms with Gasteiger partial charge in [-0.3, -0.25) is 14.5 Å². The lowest BCUT2D eigenvalue weighted by atomic mass is 9.79. The Kier molecular flexibility index (Phi) is 9.08. The van der Waals surface area contributed by atoms with E-state index in [1.54, 1.807) is 11.0 Å². The fraction of sp³-hybridized carbons (Fsp3) is 0.394. The molecule has 5 rings (SSSR count). The third-order valence-electron chi connectivity index (χ3n) is 8.20. The SMILES string of the molecule is C=CC.Cc1c(C2C(C(=O)NC3CCN(Cc4ccccc4)CC3)c3ccccc3C(=O)N2C)cn(C)c1C. The second kappa shape index (κ2) is 12.5. The van der Waals surface area contributed by atoms with Crippen molar-refractivity contribution in [1.82, 2.24) is 19.7 Å². The number of allylic oxidation sites excluding steroid dienone is 1. The molecular formula is C33H42N4O2. The topological polar surface area (TPSA) is 57.6 Å². The molecule has 0 spiro atoms. The summed E-state index contributed by atoms with van der Waals surface area (Å²) in [5.41, 5.74) is 6.09. The quantitative estimate of drug-likeness (QED) is 0.445. The number of benzene rings is 2. The van der Waals surface area contributed by atoms with E-state index in [0.717, 1.165) is 54.9 Å². The first-order chi connectivity index (χ1) is 18.8. The zero-order chi connectivity index (χ0) is 28.1. The second-order valence-electron chi connectivity index (χ2n) is 10.8. The van der Waals surface area contributed by atoms with Gasteiger partial charge in [-0.2, -0.15) is 0 Å². The van der Waals surface area contributed by atoms with Crippen molar-refractivity contribution in [3.63, 3.8) is 0 Å². The first kappa shape index (κ1) is 28.4. The Bertz CT molecular complexity index is 1300. The van der Waals surface area contributed by atoms with Crippen molar-refractivity contribution in [3.05, 3.63) is 107 Å². The molecule has 0 saturated carbocycles. The van der Waals surface area contributed by atoms with Crippen molar-refractivity contribution in [2.45, 2.75) is 58.2 Å². The minimum Gasteiger partial charge on any atom is -0.354 e. The number of nitrogens with zero attached hydrogens (tertiary/aromatic N) is 3. The molecule has 6 nitrogen and oxygen atoms in total. The number of rotatable bonds is 5. The highest BCUT2D eigenvalue weighted by Gasteiger charge is 2.44. The van der Waals surface area contributed by atoms with Crippen LogP contribution in [-0.4, -0.2) is 52.4 Å². The minimum atomic E-state index is -0.452. The van der Waals surface area contributed by atoms with Crippen LogP contribution >= 0.6 is 0 Å². The molecule has 2 aliphatic rings. The number of likely N-dealkylation sites (tertiary alicyclic amines) is 1. The number of aryl methyl sites for hydroxylation is 1. The number of piperidine rings is 1. The Morgan fingerprint density at radius 1 is 1.00 bits per heavy atom. The number of hydrogen-bond donors (Lipinski definition) is 1. The summed E-state index contributed by atoms with van der Waals surface area (Å²) in [7, 11) is 3.84. The van der Waals surface area contributed by atoms with Gasteiger partial charge in [-0.15, -0.1) is 6.58 Å². The Morgan fingerprint density at radius 3 is 2.23 bits per heavy atom. The van der Waals surface area contributed by atoms with Gasteiger partial charge in [0.2, 0.25) is 5.91 Å². The van der Waals surface area contributed by atoms with Crippen LogP contribution in [0.4, 0.5) is 0 Å². The fourth-order valence-corrected chi connectivity index (χ4v) is 5.89. The van der Waals surface area contributed by atoms with Gasteiger partial charge in [0.25, 0.3) is 5.91 Å². The Morgan fingerprint density at radius 2 is 1.62 bits per heavy atom. The molecule has 2 unspecified atom stereocenters. The van der Waals surface area contributed by atoms with Crippen molar-refractivity contribution in [2.75, 3.05) is 20.1 Å². The number of carbonyl (C=O) groups is 2. The van der Waals surface area contributed by atoms with Crippen LogP contribution in [-0.2, 0) is 18.4 Å². The van der Waals surface area contributed by atoms with E-state index in [4.69, 9.17) is 0 Å². The number of likely N-dealkylation sites (N-methyl/N-ethyl adjacent to an activating group) is 1. The summed E-state index contributed by atoms with van der Waals surface area (Å²) in [6, 6.07) is 17.9. The Balaban J connectivity index is 0.00000112. The molecule has 3 aromatic rings. The summed E-state index contributed by atoms with van der Waals surface area (Å²) >= 11 is 0. The standard InChI is InChI=1S/C30H36N4O2.C3H6/c1-20-21(2)32(3)19-26(20)28-27(24-12-8-9-13-25(24)30(36)33(28)4)29(35)31-23-14-16-34(17-15-23)18-22-10-6-5-7-11-22;1-3-2/h5-13,19,23,27-28H,14-18H2,1-4H3,(H,31,35);3H,1H2,2H3. The van der Waals surface area contributed by atoms with Crippen LogP contribution < -0.4 is 5.32 Å². The van der Waals surface area contributed by atoms with E-state index in [1.165, 1.54) is 5.56 Å². The van der Waals surface area contributed by atoms with Gasteiger partial charge in [-0.25, -0.2) is 0 Å². The number of carbonyl (C=O) groups excluding carboxylic acids is 2. The first-order valence-electron chi connectivity index (χ1n) is 13.9. The zero-order valence-corrected chi connectivity index (χ0v) is 24.0. The predicted octanol–water partition coefficient (Wildman–Crippen LogP) is 5.53. The van der Waals surface area contributed by atoms with Crippen LogP contribution in [0.5, 0.6) is 0 Å². The molecule has 2 atom stereocenters. The van der Waals surface area contributed by atoms with Crippen molar-refractivity contribution in [3.8, 4) is 0 Å². The van der Waals surface area contributed by atoms with Gasteiger partial charge in [-0.1, -0.05) is 54.6 Å². The van der Waals surface area contributed by atoms with Crippen molar-refractivity contribution in [1.29, 1.82) is 0 Å². The summed E-state index contributed by atoms with van der Waals surface area (Å²) in [6.07, 6.45) is 5.68. The second-order valence-corrected chi connectivity index (χ2v) is 10.8. The first-order valence-corrected chi connectivity index (χ1v) is 13.9. The van der Waals surface area contributed by atoms with Crippen molar-refractivity contribution < 1.29 is 9.59 Å². The summed E-state index contributed by atoms with van der Waals surface area (Å²) < 4.78 is 2.08. The van der Waals surface area contributed by atoms with Gasteiger partial charge in [0, 0.05) is 57.2 Å². The van der Waals surface area contributed by atoms with Crippen LogP contribution in [0.15, 0.2) is 73.4 Å². The van der Waals surface area contributed by atoms with Crippen LogP contribution in [0.1, 0.15) is 70.0 Å². The molecule has 3 heterocycles. The summed E-state index contributed by atoms with van der Waals surface area (Å²) in [6.45, 7) is 12.3. The van der Waals surface area contributed by atoms with Crippen LogP contribution in [0.25, 0.3) is 0 Å². The number of amides is 2. The molecule has 1 aromatic heterocycles. The van der Waals surface area contributed by atoms with E-state index in [0.29, 0.717) is 5.56 Å². The lowest BCUT2D eigenvalue weighted by molar-refractivity contribution is -0.125. The lowest BCUT2D eigenvalue weighted by Gasteiger charge is -2.41. The smallest absolute Gasteiger partial charge is 0.254 e. The highest BCUT2D eigenvalue weighted by molar-refractivity contribution is 6.01. The van der Waals surface area contributed by atoms with Crippen molar-refractivity contribution in [2.24, 2.45) is 7.05 Å². The molecular weight excluding hydrogens is 484 g/mol.